The molecule has 3 heterocycles. The third kappa shape index (κ3) is 6.03. The van der Waals surface area contributed by atoms with Gasteiger partial charge in [0.05, 0.1) is 24.0 Å². The topological polar surface area (TPSA) is 108 Å². The Labute approximate surface area is 195 Å². The van der Waals surface area contributed by atoms with E-state index in [2.05, 4.69) is 33.9 Å². The number of aromatic nitrogens is 3. The molecule has 0 radical (unpaired) electrons. The molecule has 1 aliphatic carbocycles. The van der Waals surface area contributed by atoms with Crippen LogP contribution in [0.1, 0.15) is 69.8 Å². The molecule has 0 N–H and O–H groups in total. The molecule has 0 bridgehead atoms. The molecule has 0 amide bonds. The van der Waals surface area contributed by atoms with E-state index in [9.17, 15) is 8.42 Å². The molecular weight excluding hydrogens is 444 g/mol. The van der Waals surface area contributed by atoms with E-state index >= 15 is 0 Å². The number of ether oxygens (including phenoxy) is 2. The zero-order valence-corrected chi connectivity index (χ0v) is 20.7. The molecule has 2 aromatic heterocycles. The summed E-state index contributed by atoms with van der Waals surface area (Å²) in [6, 6.07) is 3.84. The molecule has 1 saturated carbocycles. The lowest BCUT2D eigenvalue weighted by Gasteiger charge is -2.35. The Kier molecular flexibility index (Phi) is 7.23. The summed E-state index contributed by atoms with van der Waals surface area (Å²) in [6.45, 7) is 7.61. The molecule has 2 aliphatic rings. The van der Waals surface area contributed by atoms with E-state index in [1.807, 2.05) is 0 Å². The van der Waals surface area contributed by atoms with Gasteiger partial charge < -0.3 is 18.9 Å². The molecule has 0 unspecified atom stereocenters. The van der Waals surface area contributed by atoms with Crippen LogP contribution in [0.5, 0.6) is 5.75 Å². The van der Waals surface area contributed by atoms with Crippen LogP contribution in [0, 0.1) is 6.92 Å². The van der Waals surface area contributed by atoms with Gasteiger partial charge in [0.25, 0.3) is 0 Å². The van der Waals surface area contributed by atoms with E-state index in [4.69, 9.17) is 14.0 Å². The minimum atomic E-state index is -3.32. The highest BCUT2D eigenvalue weighted by molar-refractivity contribution is 7.90. The SMILES string of the molecule is Cc1nc(S(C)(=O)=O)ccc1OC1CCC(OC2CCN(c3nc(C(C)C)no3)CC2)CC1. The fourth-order valence-electron chi connectivity index (χ4n) is 4.37. The Morgan fingerprint density at radius 2 is 1.64 bits per heavy atom. The highest BCUT2D eigenvalue weighted by Gasteiger charge is 2.29. The van der Waals surface area contributed by atoms with Gasteiger partial charge in [-0.15, -0.1) is 0 Å². The van der Waals surface area contributed by atoms with Crippen molar-refractivity contribution in [1.82, 2.24) is 15.1 Å². The van der Waals surface area contributed by atoms with Gasteiger partial charge in [0, 0.05) is 25.3 Å². The largest absolute Gasteiger partial charge is 0.489 e. The van der Waals surface area contributed by atoms with Crippen LogP contribution >= 0.6 is 0 Å². The predicted molar refractivity (Wildman–Crippen MR) is 123 cm³/mol. The zero-order valence-electron chi connectivity index (χ0n) is 19.9. The summed E-state index contributed by atoms with van der Waals surface area (Å²) >= 11 is 0. The Morgan fingerprint density at radius 1 is 1.00 bits per heavy atom. The quantitative estimate of drug-likeness (QED) is 0.589. The first-order chi connectivity index (χ1) is 15.7. The number of anilines is 1. The summed E-state index contributed by atoms with van der Waals surface area (Å²) in [5, 5.41) is 4.14. The maximum atomic E-state index is 11.7. The molecule has 4 rings (SSSR count). The number of hydrogen-bond donors (Lipinski definition) is 0. The van der Waals surface area contributed by atoms with Crippen molar-refractivity contribution >= 4 is 15.9 Å². The van der Waals surface area contributed by atoms with Gasteiger partial charge in [-0.05, 0) is 57.6 Å². The van der Waals surface area contributed by atoms with E-state index < -0.39 is 9.84 Å². The third-order valence-corrected chi connectivity index (χ3v) is 7.34. The lowest BCUT2D eigenvalue weighted by Crippen LogP contribution is -2.39. The average molecular weight is 479 g/mol. The molecule has 0 spiro atoms. The molecule has 2 fully saturated rings. The minimum absolute atomic E-state index is 0.0787. The van der Waals surface area contributed by atoms with Crippen molar-refractivity contribution in [1.29, 1.82) is 0 Å². The van der Waals surface area contributed by atoms with Gasteiger partial charge in [0.15, 0.2) is 20.7 Å². The van der Waals surface area contributed by atoms with Crippen LogP contribution in [-0.4, -0.2) is 61.2 Å². The van der Waals surface area contributed by atoms with Crippen molar-refractivity contribution in [3.8, 4) is 5.75 Å². The van der Waals surface area contributed by atoms with E-state index in [0.717, 1.165) is 63.7 Å². The number of sulfone groups is 1. The van der Waals surface area contributed by atoms with Gasteiger partial charge in [-0.3, -0.25) is 0 Å². The highest BCUT2D eigenvalue weighted by Crippen LogP contribution is 2.30. The van der Waals surface area contributed by atoms with Gasteiger partial charge in [-0.25, -0.2) is 13.4 Å². The third-order valence-electron chi connectivity index (χ3n) is 6.35. The smallest absolute Gasteiger partial charge is 0.324 e. The van der Waals surface area contributed by atoms with E-state index in [1.165, 1.54) is 6.07 Å². The van der Waals surface area contributed by atoms with E-state index in [-0.39, 0.29) is 29.3 Å². The molecule has 9 nitrogen and oxygen atoms in total. The fourth-order valence-corrected chi connectivity index (χ4v) is 4.98. The Bertz CT molecular complexity index is 1040. The summed E-state index contributed by atoms with van der Waals surface area (Å²) in [4.78, 5) is 10.8. The molecule has 10 heteroatoms. The van der Waals surface area contributed by atoms with Crippen LogP contribution in [0.15, 0.2) is 21.7 Å². The van der Waals surface area contributed by atoms with Crippen LogP contribution < -0.4 is 9.64 Å². The zero-order chi connectivity index (χ0) is 23.6. The first kappa shape index (κ1) is 23.9. The Morgan fingerprint density at radius 3 is 2.21 bits per heavy atom. The first-order valence-electron chi connectivity index (χ1n) is 11.8. The van der Waals surface area contributed by atoms with Crippen molar-refractivity contribution in [2.24, 2.45) is 0 Å². The first-order valence-corrected chi connectivity index (χ1v) is 13.7. The maximum Gasteiger partial charge on any atom is 0.324 e. The molecule has 1 aliphatic heterocycles. The van der Waals surface area contributed by atoms with Crippen molar-refractivity contribution < 1.29 is 22.4 Å². The minimum Gasteiger partial charge on any atom is -0.489 e. The van der Waals surface area contributed by atoms with Crippen molar-refractivity contribution in [2.45, 2.75) is 88.6 Å². The molecule has 33 heavy (non-hydrogen) atoms. The summed E-state index contributed by atoms with van der Waals surface area (Å²) < 4.78 is 41.3. The Balaban J connectivity index is 1.21. The second kappa shape index (κ2) is 9.97. The van der Waals surface area contributed by atoms with Crippen molar-refractivity contribution in [3.63, 3.8) is 0 Å². The molecular formula is C23H34N4O5S. The van der Waals surface area contributed by atoms with E-state index in [0.29, 0.717) is 17.5 Å². The van der Waals surface area contributed by atoms with Gasteiger partial charge >= 0.3 is 6.01 Å². The van der Waals surface area contributed by atoms with Crippen molar-refractivity contribution in [2.75, 3.05) is 24.2 Å². The number of rotatable bonds is 7. The molecule has 0 atom stereocenters. The van der Waals surface area contributed by atoms with Crippen LogP contribution in [0.2, 0.25) is 0 Å². The predicted octanol–water partition coefficient (Wildman–Crippen LogP) is 3.68. The molecule has 1 saturated heterocycles. The lowest BCUT2D eigenvalue weighted by atomic mass is 9.94. The summed E-state index contributed by atoms with van der Waals surface area (Å²) in [5.74, 6) is 1.66. The number of aryl methyl sites for hydroxylation is 1. The normalized spacial score (nSPS) is 22.6. The van der Waals surface area contributed by atoms with E-state index in [1.54, 1.807) is 13.0 Å². The van der Waals surface area contributed by atoms with Crippen molar-refractivity contribution in [3.05, 3.63) is 23.7 Å². The number of nitrogens with zero attached hydrogens (tertiary/aromatic N) is 4. The second-order valence-corrected chi connectivity index (χ2v) is 11.4. The Hall–Kier alpha value is -2.20. The van der Waals surface area contributed by atoms with Crippen LogP contribution in [0.25, 0.3) is 0 Å². The lowest BCUT2D eigenvalue weighted by molar-refractivity contribution is -0.0531. The molecule has 2 aromatic rings. The van der Waals surface area contributed by atoms with Gasteiger partial charge in [-0.1, -0.05) is 19.0 Å². The summed E-state index contributed by atoms with van der Waals surface area (Å²) in [5.41, 5.74) is 0.602. The fraction of sp³-hybridized carbons (Fsp3) is 0.696. The van der Waals surface area contributed by atoms with Gasteiger partial charge in [-0.2, -0.15) is 4.98 Å². The highest BCUT2D eigenvalue weighted by atomic mass is 32.2. The van der Waals surface area contributed by atoms with Crippen LogP contribution in [0.3, 0.4) is 0 Å². The second-order valence-electron chi connectivity index (χ2n) is 9.43. The summed E-state index contributed by atoms with van der Waals surface area (Å²) in [6.07, 6.45) is 7.42. The summed E-state index contributed by atoms with van der Waals surface area (Å²) in [7, 11) is -3.32. The number of piperidine rings is 1. The average Bonchev–Trinajstić information content (AvgIpc) is 3.27. The van der Waals surface area contributed by atoms with Gasteiger partial charge in [0.2, 0.25) is 0 Å². The molecule has 0 aromatic carbocycles. The monoisotopic (exact) mass is 478 g/mol. The van der Waals surface area contributed by atoms with Crippen LogP contribution in [0.4, 0.5) is 6.01 Å². The molecule has 182 valence electrons. The maximum absolute atomic E-state index is 11.7. The number of hydrogen-bond acceptors (Lipinski definition) is 9. The standard InChI is InChI=1S/C23H34N4O5S/c1-15(2)22-25-23(32-26-22)27-13-11-19(12-14-27)30-17-5-7-18(8-6-17)31-20-9-10-21(24-16(20)3)33(4,28)29/h9-10,15,17-19H,5-8,11-14H2,1-4H3. The van der Waals surface area contributed by atoms with Crippen LogP contribution in [-0.2, 0) is 14.6 Å². The number of pyridine rings is 1. The van der Waals surface area contributed by atoms with Gasteiger partial charge in [0.1, 0.15) is 5.75 Å².